The standard InChI is InChI=1S/C29H32F2N2O4/c1-27(2,3)25-14-17-13-21(20(30)16-22(17)33(25)19-7-11-35-12-8-19)32-26(34)29(9-10-29)18-5-6-23-24(15-18)37-28(4,31)36-23/h5-6,13-16,19H,7-12H2,1-4H3,(H,32,34). The van der Waals surface area contributed by atoms with Gasteiger partial charge in [-0.2, -0.15) is 4.39 Å². The summed E-state index contributed by atoms with van der Waals surface area (Å²) in [5.41, 5.74) is 1.89. The van der Waals surface area contributed by atoms with Crippen molar-refractivity contribution in [3.63, 3.8) is 0 Å². The maximum absolute atomic E-state index is 15.5. The van der Waals surface area contributed by atoms with Gasteiger partial charge in [0.2, 0.25) is 5.91 Å². The van der Waals surface area contributed by atoms with Gasteiger partial charge in [0.15, 0.2) is 11.5 Å². The van der Waals surface area contributed by atoms with Crippen molar-refractivity contribution < 1.29 is 27.8 Å². The fourth-order valence-electron chi connectivity index (χ4n) is 5.66. The van der Waals surface area contributed by atoms with Crippen LogP contribution in [0.4, 0.5) is 14.5 Å². The summed E-state index contributed by atoms with van der Waals surface area (Å²) in [6, 6.07) is 8.41. The van der Waals surface area contributed by atoms with E-state index >= 15 is 4.39 Å². The molecule has 1 aliphatic carbocycles. The first-order valence-electron chi connectivity index (χ1n) is 12.9. The summed E-state index contributed by atoms with van der Waals surface area (Å²) < 4.78 is 47.8. The van der Waals surface area contributed by atoms with Gasteiger partial charge in [0.1, 0.15) is 5.82 Å². The lowest BCUT2D eigenvalue weighted by molar-refractivity contribution is -0.173. The average molecular weight is 511 g/mol. The third-order valence-corrected chi connectivity index (χ3v) is 7.77. The molecule has 2 fully saturated rings. The predicted molar refractivity (Wildman–Crippen MR) is 136 cm³/mol. The Morgan fingerprint density at radius 3 is 2.43 bits per heavy atom. The summed E-state index contributed by atoms with van der Waals surface area (Å²) >= 11 is 0. The van der Waals surface area contributed by atoms with Crippen LogP contribution in [0.2, 0.25) is 0 Å². The van der Waals surface area contributed by atoms with E-state index in [1.807, 2.05) is 0 Å². The number of carbonyl (C=O) groups excluding carboxylic acids is 1. The molecular weight excluding hydrogens is 478 g/mol. The fourth-order valence-corrected chi connectivity index (χ4v) is 5.66. The van der Waals surface area contributed by atoms with Crippen molar-refractivity contribution in [3.05, 3.63) is 53.5 Å². The molecule has 196 valence electrons. The minimum absolute atomic E-state index is 0.135. The summed E-state index contributed by atoms with van der Waals surface area (Å²) in [7, 11) is 0. The van der Waals surface area contributed by atoms with Gasteiger partial charge in [-0.3, -0.25) is 4.79 Å². The number of nitrogens with one attached hydrogen (secondary N) is 1. The second-order valence-electron chi connectivity index (χ2n) is 11.6. The van der Waals surface area contributed by atoms with E-state index in [2.05, 4.69) is 36.7 Å². The summed E-state index contributed by atoms with van der Waals surface area (Å²) in [6.07, 6.45) is 2.99. The third kappa shape index (κ3) is 4.15. The lowest BCUT2D eigenvalue weighted by atomic mass is 9.91. The predicted octanol–water partition coefficient (Wildman–Crippen LogP) is 6.51. The summed E-state index contributed by atoms with van der Waals surface area (Å²) in [4.78, 5) is 13.4. The quantitative estimate of drug-likeness (QED) is 0.434. The zero-order valence-corrected chi connectivity index (χ0v) is 21.6. The normalized spacial score (nSPS) is 22.9. The summed E-state index contributed by atoms with van der Waals surface area (Å²) in [5, 5.41) is 3.74. The Labute approximate surface area is 214 Å². The van der Waals surface area contributed by atoms with Crippen LogP contribution in [-0.2, 0) is 20.4 Å². The number of anilines is 1. The Kier molecular flexibility index (Phi) is 5.36. The Morgan fingerprint density at radius 2 is 1.76 bits per heavy atom. The molecule has 3 heterocycles. The first-order chi connectivity index (χ1) is 17.5. The number of benzene rings is 2. The largest absolute Gasteiger partial charge is 0.423 e. The second-order valence-corrected chi connectivity index (χ2v) is 11.6. The highest BCUT2D eigenvalue weighted by Gasteiger charge is 2.52. The SMILES string of the molecule is CC1(F)Oc2ccc(C3(C(=O)Nc4cc5cc(C(C)(C)C)n(C6CCOCC6)c5cc4F)CC3)cc2O1. The van der Waals surface area contributed by atoms with Crippen LogP contribution in [0, 0.1) is 5.82 Å². The minimum Gasteiger partial charge on any atom is -0.423 e. The molecule has 1 N–H and O–H groups in total. The molecule has 1 unspecified atom stereocenters. The molecule has 0 radical (unpaired) electrons. The maximum atomic E-state index is 15.5. The van der Waals surface area contributed by atoms with Crippen LogP contribution in [0.15, 0.2) is 36.4 Å². The number of halogens is 2. The van der Waals surface area contributed by atoms with E-state index in [1.54, 1.807) is 24.3 Å². The van der Waals surface area contributed by atoms with E-state index in [9.17, 15) is 9.18 Å². The van der Waals surface area contributed by atoms with Crippen LogP contribution >= 0.6 is 0 Å². The number of aromatic nitrogens is 1. The number of ether oxygens (including phenoxy) is 3. The molecule has 1 atom stereocenters. The van der Waals surface area contributed by atoms with E-state index in [-0.39, 0.29) is 28.8 Å². The highest BCUT2D eigenvalue weighted by atomic mass is 19.2. The van der Waals surface area contributed by atoms with Crippen LogP contribution in [-0.4, -0.2) is 29.7 Å². The fraction of sp³-hybridized carbons (Fsp3) is 0.483. The number of rotatable bonds is 4. The van der Waals surface area contributed by atoms with Gasteiger partial charge < -0.3 is 24.1 Å². The van der Waals surface area contributed by atoms with Crippen molar-refractivity contribution in [1.82, 2.24) is 4.57 Å². The zero-order chi connectivity index (χ0) is 26.2. The molecule has 2 aromatic carbocycles. The molecule has 37 heavy (non-hydrogen) atoms. The Hall–Kier alpha value is -3.13. The van der Waals surface area contributed by atoms with Crippen molar-refractivity contribution in [2.24, 2.45) is 0 Å². The van der Waals surface area contributed by atoms with Gasteiger partial charge in [-0.05, 0) is 55.5 Å². The lowest BCUT2D eigenvalue weighted by Gasteiger charge is -2.30. The molecule has 1 saturated carbocycles. The third-order valence-electron chi connectivity index (χ3n) is 7.77. The lowest BCUT2D eigenvalue weighted by Crippen LogP contribution is -2.28. The first-order valence-corrected chi connectivity index (χ1v) is 12.9. The van der Waals surface area contributed by atoms with E-state index in [1.165, 1.54) is 13.0 Å². The van der Waals surface area contributed by atoms with Crippen molar-refractivity contribution >= 4 is 22.5 Å². The zero-order valence-electron chi connectivity index (χ0n) is 21.6. The molecule has 3 aliphatic rings. The van der Waals surface area contributed by atoms with Crippen LogP contribution in [0.3, 0.4) is 0 Å². The number of fused-ring (bicyclic) bond motifs is 2. The number of carbonyl (C=O) groups is 1. The summed E-state index contributed by atoms with van der Waals surface area (Å²) in [5.74, 6) is -0.196. The molecule has 6 nitrogen and oxygen atoms in total. The van der Waals surface area contributed by atoms with Gasteiger partial charge in [0.25, 0.3) is 0 Å². The monoisotopic (exact) mass is 510 g/mol. The highest BCUT2D eigenvalue weighted by Crippen LogP contribution is 2.52. The molecule has 2 aliphatic heterocycles. The van der Waals surface area contributed by atoms with Crippen LogP contribution in [0.1, 0.15) is 70.7 Å². The minimum atomic E-state index is -2.23. The van der Waals surface area contributed by atoms with Crippen LogP contribution in [0.5, 0.6) is 11.5 Å². The summed E-state index contributed by atoms with van der Waals surface area (Å²) in [6.45, 7) is 9.04. The van der Waals surface area contributed by atoms with Crippen molar-refractivity contribution in [2.75, 3.05) is 18.5 Å². The van der Waals surface area contributed by atoms with Crippen LogP contribution < -0.4 is 14.8 Å². The van der Waals surface area contributed by atoms with Gasteiger partial charge >= 0.3 is 6.04 Å². The van der Waals surface area contributed by atoms with Gasteiger partial charge in [0, 0.05) is 48.7 Å². The maximum Gasteiger partial charge on any atom is 0.404 e. The number of hydrogen-bond donors (Lipinski definition) is 1. The van der Waals surface area contributed by atoms with E-state index < -0.39 is 17.3 Å². The van der Waals surface area contributed by atoms with Gasteiger partial charge in [-0.1, -0.05) is 26.8 Å². The molecule has 0 bridgehead atoms. The molecule has 1 amide bonds. The van der Waals surface area contributed by atoms with Gasteiger partial charge in [-0.15, -0.1) is 0 Å². The van der Waals surface area contributed by atoms with Gasteiger partial charge in [-0.25, -0.2) is 4.39 Å². The number of hydrogen-bond acceptors (Lipinski definition) is 4. The average Bonchev–Trinajstić information content (AvgIpc) is 3.47. The highest BCUT2D eigenvalue weighted by molar-refractivity contribution is 6.03. The number of amides is 1. The Bertz CT molecular complexity index is 1400. The van der Waals surface area contributed by atoms with E-state index in [0.29, 0.717) is 37.4 Å². The number of nitrogens with zero attached hydrogens (tertiary/aromatic N) is 1. The molecular formula is C29H32F2N2O4. The van der Waals surface area contributed by atoms with Gasteiger partial charge in [0.05, 0.1) is 16.6 Å². The van der Waals surface area contributed by atoms with E-state index in [4.69, 9.17) is 14.2 Å². The molecule has 6 rings (SSSR count). The van der Waals surface area contributed by atoms with Crippen molar-refractivity contribution in [1.29, 1.82) is 0 Å². The molecule has 8 heteroatoms. The van der Waals surface area contributed by atoms with Crippen molar-refractivity contribution in [2.45, 2.75) is 76.3 Å². The molecule has 0 spiro atoms. The molecule has 1 aromatic heterocycles. The molecule has 1 saturated heterocycles. The topological polar surface area (TPSA) is 61.7 Å². The Balaban J connectivity index is 1.32. The Morgan fingerprint density at radius 1 is 1.05 bits per heavy atom. The van der Waals surface area contributed by atoms with E-state index in [0.717, 1.165) is 29.4 Å². The van der Waals surface area contributed by atoms with Crippen molar-refractivity contribution in [3.8, 4) is 11.5 Å². The van der Waals surface area contributed by atoms with Crippen LogP contribution in [0.25, 0.3) is 10.9 Å². The first kappa shape index (κ1) is 24.2. The molecule has 3 aromatic rings. The smallest absolute Gasteiger partial charge is 0.404 e. The second kappa shape index (κ2) is 8.18. The number of alkyl halides is 1.